The van der Waals surface area contributed by atoms with E-state index in [4.69, 9.17) is 16.3 Å². The van der Waals surface area contributed by atoms with Crippen molar-refractivity contribution in [1.82, 2.24) is 0 Å². The summed E-state index contributed by atoms with van der Waals surface area (Å²) >= 11 is 6.05. The van der Waals surface area contributed by atoms with E-state index >= 15 is 0 Å². The number of hydrogen-bond acceptors (Lipinski definition) is 6. The summed E-state index contributed by atoms with van der Waals surface area (Å²) in [5.41, 5.74) is -0.187. The zero-order chi connectivity index (χ0) is 18.6. The molecule has 0 radical (unpaired) electrons. The van der Waals surface area contributed by atoms with Crippen LogP contribution in [-0.4, -0.2) is 39.3 Å². The van der Waals surface area contributed by atoms with Gasteiger partial charge >= 0.3 is 5.97 Å². The molecule has 1 aliphatic rings. The van der Waals surface area contributed by atoms with Crippen molar-refractivity contribution < 1.29 is 29.6 Å². The highest BCUT2D eigenvalue weighted by Crippen LogP contribution is 2.37. The molecule has 2 atom stereocenters. The summed E-state index contributed by atoms with van der Waals surface area (Å²) in [6, 6.07) is 0.943. The summed E-state index contributed by atoms with van der Waals surface area (Å²) in [4.78, 5) is 24.6. The van der Waals surface area contributed by atoms with E-state index in [1.807, 2.05) is 6.08 Å². The molecule has 0 spiro atoms. The summed E-state index contributed by atoms with van der Waals surface area (Å²) in [6.07, 6.45) is 3.45. The lowest BCUT2D eigenvalue weighted by molar-refractivity contribution is -0.118. The zero-order valence-corrected chi connectivity index (χ0v) is 14.6. The first kappa shape index (κ1) is 19.3. The zero-order valence-electron chi connectivity index (χ0n) is 13.9. The lowest BCUT2D eigenvalue weighted by atomic mass is 9.98. The number of aliphatic hydroxyl groups excluding tert-OH is 1. The lowest BCUT2D eigenvalue weighted by Crippen LogP contribution is -2.22. The van der Waals surface area contributed by atoms with Gasteiger partial charge in [0.25, 0.3) is 0 Å². The molecular formula is C18H21ClO6. The maximum absolute atomic E-state index is 12.5. The predicted octanol–water partition coefficient (Wildman–Crippen LogP) is 2.90. The number of phenols is 2. The Morgan fingerprint density at radius 2 is 1.92 bits per heavy atom. The van der Waals surface area contributed by atoms with E-state index in [9.17, 15) is 24.9 Å². The van der Waals surface area contributed by atoms with Crippen LogP contribution in [0.4, 0.5) is 0 Å². The number of phenolic OH excluding ortho intramolecular Hbond substituents is 2. The molecule has 0 saturated carbocycles. The number of fused-ring (bicyclic) bond motifs is 1. The number of carbonyl (C=O) groups excluding carboxylic acids is 2. The molecule has 0 unspecified atom stereocenters. The number of esters is 1. The number of carbonyl (C=O) groups is 2. The first-order valence-corrected chi connectivity index (χ1v) is 8.46. The average molecular weight is 369 g/mol. The van der Waals surface area contributed by atoms with Crippen LogP contribution in [0.15, 0.2) is 18.2 Å². The molecular weight excluding hydrogens is 348 g/mol. The minimum Gasteiger partial charge on any atom is -0.507 e. The highest BCUT2D eigenvalue weighted by atomic mass is 35.5. The standard InChI is InChI=1S/C18H21ClO6/c1-10-7-11(20)5-3-2-4-6-12(21)8-13-16(18(24)25-10)14(22)9-15(23)17(13)19/h2-3,9-11,20,22-23H,4-8H2,1H3/b3-2-/t10-,11+/m1/s1. The monoisotopic (exact) mass is 368 g/mol. The van der Waals surface area contributed by atoms with Crippen molar-refractivity contribution in [3.63, 3.8) is 0 Å². The topological polar surface area (TPSA) is 104 Å². The number of hydrogen-bond donors (Lipinski definition) is 3. The van der Waals surface area contributed by atoms with Crippen LogP contribution in [0.2, 0.25) is 5.02 Å². The average Bonchev–Trinajstić information content (AvgIpc) is 2.50. The maximum Gasteiger partial charge on any atom is 0.342 e. The van der Waals surface area contributed by atoms with E-state index in [0.29, 0.717) is 12.8 Å². The van der Waals surface area contributed by atoms with Crippen molar-refractivity contribution in [2.45, 2.75) is 51.2 Å². The van der Waals surface area contributed by atoms with Crippen LogP contribution < -0.4 is 0 Å². The van der Waals surface area contributed by atoms with Gasteiger partial charge in [-0.15, -0.1) is 0 Å². The number of rotatable bonds is 0. The molecule has 0 fully saturated rings. The molecule has 25 heavy (non-hydrogen) atoms. The molecule has 1 heterocycles. The third kappa shape index (κ3) is 4.96. The van der Waals surface area contributed by atoms with Crippen LogP contribution in [0.3, 0.4) is 0 Å². The number of ketones is 1. The molecule has 1 aromatic rings. The molecule has 0 amide bonds. The van der Waals surface area contributed by atoms with Crippen LogP contribution >= 0.6 is 11.6 Å². The number of benzene rings is 1. The van der Waals surface area contributed by atoms with Gasteiger partial charge in [0.1, 0.15) is 28.9 Å². The predicted molar refractivity (Wildman–Crippen MR) is 92.0 cm³/mol. The first-order chi connectivity index (χ1) is 11.8. The molecule has 0 bridgehead atoms. The van der Waals surface area contributed by atoms with E-state index < -0.39 is 29.7 Å². The van der Waals surface area contributed by atoms with Crippen LogP contribution in [0.1, 0.15) is 48.5 Å². The molecule has 1 aromatic carbocycles. The third-order valence-corrected chi connectivity index (χ3v) is 4.40. The Morgan fingerprint density at radius 1 is 1.20 bits per heavy atom. The molecule has 0 aliphatic carbocycles. The van der Waals surface area contributed by atoms with Crippen LogP contribution in [-0.2, 0) is 16.0 Å². The second kappa shape index (κ2) is 8.36. The molecule has 6 nitrogen and oxygen atoms in total. The fourth-order valence-corrected chi connectivity index (χ4v) is 2.96. The molecule has 0 aromatic heterocycles. The van der Waals surface area contributed by atoms with Crippen molar-refractivity contribution in [2.75, 3.05) is 0 Å². The van der Waals surface area contributed by atoms with Crippen molar-refractivity contribution in [1.29, 1.82) is 0 Å². The van der Waals surface area contributed by atoms with Crippen LogP contribution in [0.5, 0.6) is 11.5 Å². The van der Waals surface area contributed by atoms with Gasteiger partial charge in [0, 0.05) is 30.9 Å². The number of allylic oxidation sites excluding steroid dienone is 1. The Kier molecular flexibility index (Phi) is 6.45. The fourth-order valence-electron chi connectivity index (χ4n) is 2.75. The first-order valence-electron chi connectivity index (χ1n) is 8.08. The molecule has 0 saturated heterocycles. The number of aliphatic hydroxyl groups is 1. The maximum atomic E-state index is 12.5. The molecule has 1 aliphatic heterocycles. The molecule has 136 valence electrons. The third-order valence-electron chi connectivity index (χ3n) is 3.98. The Hall–Kier alpha value is -2.05. The van der Waals surface area contributed by atoms with Crippen molar-refractivity contribution in [3.05, 3.63) is 34.4 Å². The molecule has 3 N–H and O–H groups in total. The van der Waals surface area contributed by atoms with Crippen LogP contribution in [0.25, 0.3) is 0 Å². The number of Topliss-reactive ketones (excluding diaryl/α,β-unsaturated/α-hetero) is 1. The van der Waals surface area contributed by atoms with Crippen molar-refractivity contribution in [3.8, 4) is 11.5 Å². The summed E-state index contributed by atoms with van der Waals surface area (Å²) in [5.74, 6) is -1.97. The SMILES string of the molecule is C[C@@H]1C[C@@H](O)C/C=C\CCC(=O)Cc2c(Cl)c(O)cc(O)c2C(=O)O1. The van der Waals surface area contributed by atoms with E-state index in [1.54, 1.807) is 13.0 Å². The summed E-state index contributed by atoms with van der Waals surface area (Å²) in [7, 11) is 0. The van der Waals surface area contributed by atoms with Crippen molar-refractivity contribution in [2.24, 2.45) is 0 Å². The lowest BCUT2D eigenvalue weighted by Gasteiger charge is -2.19. The highest BCUT2D eigenvalue weighted by molar-refractivity contribution is 6.33. The number of ether oxygens (including phenoxy) is 1. The quantitative estimate of drug-likeness (QED) is 0.480. The van der Waals surface area contributed by atoms with Gasteiger partial charge in [0.05, 0.1) is 11.1 Å². The highest BCUT2D eigenvalue weighted by Gasteiger charge is 2.26. The van der Waals surface area contributed by atoms with E-state index in [2.05, 4.69) is 0 Å². The normalized spacial score (nSPS) is 24.1. The van der Waals surface area contributed by atoms with Gasteiger partial charge in [-0.05, 0) is 19.8 Å². The van der Waals surface area contributed by atoms with E-state index in [1.165, 1.54) is 0 Å². The minimum atomic E-state index is -0.852. The van der Waals surface area contributed by atoms with E-state index in [-0.39, 0.29) is 41.2 Å². The Balaban J connectivity index is 2.44. The van der Waals surface area contributed by atoms with E-state index in [0.717, 1.165) is 6.07 Å². The van der Waals surface area contributed by atoms with Gasteiger partial charge in [-0.1, -0.05) is 23.8 Å². The van der Waals surface area contributed by atoms with Gasteiger partial charge in [0.2, 0.25) is 0 Å². The van der Waals surface area contributed by atoms with Gasteiger partial charge in [-0.3, -0.25) is 4.79 Å². The minimum absolute atomic E-state index is 0.0444. The van der Waals surface area contributed by atoms with Gasteiger partial charge in [-0.2, -0.15) is 0 Å². The second-order valence-electron chi connectivity index (χ2n) is 6.15. The second-order valence-corrected chi connectivity index (χ2v) is 6.53. The summed E-state index contributed by atoms with van der Waals surface area (Å²) < 4.78 is 5.27. The van der Waals surface area contributed by atoms with Gasteiger partial charge in [-0.25, -0.2) is 4.79 Å². The molecule has 7 heteroatoms. The number of cyclic esters (lactones) is 1. The summed E-state index contributed by atoms with van der Waals surface area (Å²) in [5, 5.41) is 29.6. The Bertz CT molecular complexity index is 697. The largest absolute Gasteiger partial charge is 0.507 e. The smallest absolute Gasteiger partial charge is 0.342 e. The number of aromatic hydroxyl groups is 2. The van der Waals surface area contributed by atoms with Crippen LogP contribution in [0, 0.1) is 0 Å². The molecule has 2 rings (SSSR count). The summed E-state index contributed by atoms with van der Waals surface area (Å²) in [6.45, 7) is 1.63. The Morgan fingerprint density at radius 3 is 2.64 bits per heavy atom. The fraction of sp³-hybridized carbons (Fsp3) is 0.444. The number of halogens is 1. The Labute approximate surface area is 150 Å². The van der Waals surface area contributed by atoms with Crippen molar-refractivity contribution >= 4 is 23.4 Å². The van der Waals surface area contributed by atoms with Gasteiger partial charge in [0.15, 0.2) is 0 Å². The van der Waals surface area contributed by atoms with Gasteiger partial charge < -0.3 is 20.1 Å².